The zero-order chi connectivity index (χ0) is 14.3. The van der Waals surface area contributed by atoms with Gasteiger partial charge in [-0.2, -0.15) is 0 Å². The van der Waals surface area contributed by atoms with Crippen molar-refractivity contribution in [3.63, 3.8) is 0 Å². The van der Waals surface area contributed by atoms with Crippen LogP contribution in [0.4, 0.5) is 0 Å². The Bertz CT molecular complexity index is 466. The summed E-state index contributed by atoms with van der Waals surface area (Å²) in [7, 11) is 1.60. The average molecular weight is 265 g/mol. The van der Waals surface area contributed by atoms with Crippen LogP contribution in [-0.4, -0.2) is 25.9 Å². The van der Waals surface area contributed by atoms with Crippen LogP contribution in [0, 0.1) is 5.92 Å². The Hall–Kier alpha value is -2.24. The van der Waals surface area contributed by atoms with Gasteiger partial charge in [0.05, 0.1) is 13.7 Å². The normalized spacial score (nSPS) is 10.7. The molecule has 1 aromatic carbocycles. The Labute approximate surface area is 113 Å². The number of ether oxygens (including phenoxy) is 2. The second-order valence-electron chi connectivity index (χ2n) is 4.43. The third-order valence-corrected chi connectivity index (χ3v) is 2.18. The van der Waals surface area contributed by atoms with Crippen LogP contribution in [-0.2, 0) is 0 Å². The lowest BCUT2D eigenvalue weighted by Crippen LogP contribution is -2.63. The van der Waals surface area contributed by atoms with Crippen LogP contribution in [0.3, 0.4) is 0 Å². The molecule has 5 N–H and O–H groups in total. The van der Waals surface area contributed by atoms with Crippen molar-refractivity contribution in [1.29, 1.82) is 0 Å². The standard InChI is InChI=1S/C13H20N4O2/c1-9(2)8-19-11-5-4-10(6-12(11)18-3)7-16-17-13(14)15/h4-7,9H,8H2,1-3H3,(H4,14,15,17)/p+1/b16-7-. The van der Waals surface area contributed by atoms with Gasteiger partial charge in [0.2, 0.25) is 6.21 Å². The third-order valence-electron chi connectivity index (χ3n) is 2.18. The van der Waals surface area contributed by atoms with E-state index in [9.17, 15) is 0 Å². The van der Waals surface area contributed by atoms with Crippen LogP contribution in [0.2, 0.25) is 0 Å². The summed E-state index contributed by atoms with van der Waals surface area (Å²) in [4.78, 5) is 0. The zero-order valence-electron chi connectivity index (χ0n) is 11.5. The minimum Gasteiger partial charge on any atom is -0.493 e. The number of guanidine groups is 1. The minimum absolute atomic E-state index is 0.0277. The second-order valence-corrected chi connectivity index (χ2v) is 4.43. The van der Waals surface area contributed by atoms with Gasteiger partial charge in [0.1, 0.15) is 0 Å². The fourth-order valence-electron chi connectivity index (χ4n) is 1.33. The highest BCUT2D eigenvalue weighted by Gasteiger charge is 2.07. The number of hydrogen-bond donors (Lipinski definition) is 3. The summed E-state index contributed by atoms with van der Waals surface area (Å²) in [6, 6.07) is 5.57. The first-order chi connectivity index (χ1) is 9.02. The summed E-state index contributed by atoms with van der Waals surface area (Å²) in [5, 5.41) is 6.29. The van der Waals surface area contributed by atoms with Crippen molar-refractivity contribution in [2.24, 2.45) is 22.5 Å². The van der Waals surface area contributed by atoms with Crippen molar-refractivity contribution >= 4 is 12.2 Å². The number of methoxy groups -OCH3 is 1. The number of rotatable bonds is 6. The second kappa shape index (κ2) is 7.25. The molecule has 6 heteroatoms. The van der Waals surface area contributed by atoms with E-state index in [-0.39, 0.29) is 5.96 Å². The van der Waals surface area contributed by atoms with E-state index in [1.54, 1.807) is 13.3 Å². The Kier molecular flexibility index (Phi) is 5.66. The minimum atomic E-state index is -0.0277. The smallest absolute Gasteiger partial charge is 0.256 e. The van der Waals surface area contributed by atoms with Gasteiger partial charge in [-0.3, -0.25) is 0 Å². The summed E-state index contributed by atoms with van der Waals surface area (Å²) in [5.74, 6) is 1.82. The van der Waals surface area contributed by atoms with E-state index in [2.05, 4.69) is 24.1 Å². The molecule has 1 aromatic rings. The van der Waals surface area contributed by atoms with Gasteiger partial charge in [0.25, 0.3) is 5.96 Å². The van der Waals surface area contributed by atoms with Crippen molar-refractivity contribution in [3.8, 4) is 11.5 Å². The maximum absolute atomic E-state index is 5.66. The van der Waals surface area contributed by atoms with Gasteiger partial charge < -0.3 is 20.9 Å². The molecule has 0 amide bonds. The van der Waals surface area contributed by atoms with Gasteiger partial charge in [-0.05, 0) is 24.1 Å². The Balaban J connectivity index is 2.83. The van der Waals surface area contributed by atoms with Gasteiger partial charge in [-0.15, -0.1) is 5.10 Å². The summed E-state index contributed by atoms with van der Waals surface area (Å²) >= 11 is 0. The first kappa shape index (κ1) is 14.8. The molecule has 0 spiro atoms. The van der Waals surface area contributed by atoms with E-state index in [4.69, 9.17) is 20.9 Å². The van der Waals surface area contributed by atoms with E-state index in [1.165, 1.54) is 0 Å². The fraction of sp³-hybridized carbons (Fsp3) is 0.385. The van der Waals surface area contributed by atoms with Gasteiger partial charge in [-0.1, -0.05) is 13.8 Å². The van der Waals surface area contributed by atoms with E-state index >= 15 is 0 Å². The van der Waals surface area contributed by atoms with Crippen LogP contribution in [0.15, 0.2) is 23.3 Å². The number of nitrogens with two attached hydrogens (primary N) is 2. The quantitative estimate of drug-likeness (QED) is 0.364. The summed E-state index contributed by atoms with van der Waals surface area (Å²) < 4.78 is 10.9. The number of nitrogens with one attached hydrogen (secondary N) is 1. The third kappa shape index (κ3) is 5.29. The summed E-state index contributed by atoms with van der Waals surface area (Å²) in [6.07, 6.45) is 1.66. The van der Waals surface area contributed by atoms with E-state index in [1.807, 2.05) is 18.2 Å². The van der Waals surface area contributed by atoms with E-state index < -0.39 is 0 Å². The van der Waals surface area contributed by atoms with Crippen molar-refractivity contribution in [3.05, 3.63) is 23.8 Å². The molecule has 1 rings (SSSR count). The Morgan fingerprint density at radius 2 is 2.11 bits per heavy atom. The number of hydrogen-bond acceptors (Lipinski definition) is 3. The van der Waals surface area contributed by atoms with Crippen molar-refractivity contribution in [1.82, 2.24) is 0 Å². The summed E-state index contributed by atoms with van der Waals surface area (Å²) in [5.41, 5.74) is 11.3. The van der Waals surface area contributed by atoms with Crippen LogP contribution >= 0.6 is 0 Å². The molecule has 0 aliphatic heterocycles. The van der Waals surface area contributed by atoms with Gasteiger partial charge >= 0.3 is 0 Å². The van der Waals surface area contributed by atoms with Crippen LogP contribution in [0.25, 0.3) is 0 Å². The average Bonchev–Trinajstić information content (AvgIpc) is 2.36. The molecular weight excluding hydrogens is 244 g/mol. The highest BCUT2D eigenvalue weighted by Crippen LogP contribution is 2.27. The Morgan fingerprint density at radius 3 is 2.68 bits per heavy atom. The number of nitrogens with zero attached hydrogens (tertiary/aromatic N) is 1. The molecule has 6 nitrogen and oxygen atoms in total. The molecule has 19 heavy (non-hydrogen) atoms. The summed E-state index contributed by atoms with van der Waals surface area (Å²) in [6.45, 7) is 4.83. The Morgan fingerprint density at radius 1 is 1.37 bits per heavy atom. The molecule has 0 radical (unpaired) electrons. The lowest BCUT2D eigenvalue weighted by atomic mass is 10.2. The fourth-order valence-corrected chi connectivity index (χ4v) is 1.33. The maximum Gasteiger partial charge on any atom is 0.256 e. The van der Waals surface area contributed by atoms with Gasteiger partial charge in [-0.25, -0.2) is 0 Å². The highest BCUT2D eigenvalue weighted by molar-refractivity contribution is 5.78. The largest absolute Gasteiger partial charge is 0.493 e. The molecule has 0 aliphatic rings. The molecule has 0 saturated heterocycles. The van der Waals surface area contributed by atoms with Gasteiger partial charge in [0, 0.05) is 10.7 Å². The topological polar surface area (TPSA) is 96.8 Å². The first-order valence-corrected chi connectivity index (χ1v) is 6.01. The van der Waals surface area contributed by atoms with E-state index in [0.717, 1.165) is 11.3 Å². The molecule has 0 bridgehead atoms. The van der Waals surface area contributed by atoms with Crippen molar-refractivity contribution < 1.29 is 14.6 Å². The predicted molar refractivity (Wildman–Crippen MR) is 75.3 cm³/mol. The maximum atomic E-state index is 5.66. The van der Waals surface area contributed by atoms with Crippen molar-refractivity contribution in [2.45, 2.75) is 13.8 Å². The lowest BCUT2D eigenvalue weighted by Gasteiger charge is -2.12. The SMILES string of the molecule is COc1cc(/C=[NH+]\N=C(N)N)ccc1OCC(C)C. The van der Waals surface area contributed by atoms with Crippen LogP contribution < -0.4 is 26.0 Å². The first-order valence-electron chi connectivity index (χ1n) is 6.01. The molecule has 0 saturated carbocycles. The van der Waals surface area contributed by atoms with E-state index in [0.29, 0.717) is 18.3 Å². The predicted octanol–water partition coefficient (Wildman–Crippen LogP) is -0.582. The molecule has 0 unspecified atom stereocenters. The van der Waals surface area contributed by atoms with Gasteiger partial charge in [0.15, 0.2) is 11.5 Å². The highest BCUT2D eigenvalue weighted by atomic mass is 16.5. The molecule has 0 aliphatic carbocycles. The van der Waals surface area contributed by atoms with Crippen LogP contribution in [0.5, 0.6) is 11.5 Å². The molecule has 104 valence electrons. The molecular formula is C13H21N4O2+. The lowest BCUT2D eigenvalue weighted by molar-refractivity contribution is -0.456. The van der Waals surface area contributed by atoms with Crippen molar-refractivity contribution in [2.75, 3.05) is 13.7 Å². The molecule has 0 fully saturated rings. The number of hydrazone groups is 1. The molecule has 0 heterocycles. The monoisotopic (exact) mass is 265 g/mol. The zero-order valence-corrected chi connectivity index (χ0v) is 11.5. The van der Waals surface area contributed by atoms with Crippen LogP contribution in [0.1, 0.15) is 19.4 Å². The number of benzene rings is 1. The molecule has 0 atom stereocenters. The molecule has 0 aromatic heterocycles.